The Bertz CT molecular complexity index is 357. The lowest BCUT2D eigenvalue weighted by molar-refractivity contribution is -0.148. The van der Waals surface area contributed by atoms with Gasteiger partial charge in [-0.3, -0.25) is 9.59 Å². The van der Waals surface area contributed by atoms with Crippen LogP contribution in [-0.4, -0.2) is 48.4 Å². The second-order valence-corrected chi connectivity index (χ2v) is 4.79. The lowest BCUT2D eigenvalue weighted by atomic mass is 9.97. The highest BCUT2D eigenvalue weighted by Gasteiger charge is 2.28. The minimum atomic E-state index is -0.653. The molecule has 6 nitrogen and oxygen atoms in total. The molecule has 0 aromatic carbocycles. The van der Waals surface area contributed by atoms with Crippen molar-refractivity contribution in [2.75, 3.05) is 19.7 Å². The van der Waals surface area contributed by atoms with E-state index in [9.17, 15) is 14.4 Å². The molecule has 1 N–H and O–H groups in total. The number of hydrogen-bond donors (Lipinski definition) is 1. The van der Waals surface area contributed by atoms with Crippen molar-refractivity contribution < 1.29 is 19.1 Å². The van der Waals surface area contributed by atoms with E-state index in [1.54, 1.807) is 18.7 Å². The summed E-state index contributed by atoms with van der Waals surface area (Å²) in [6.45, 7) is 6.24. The summed E-state index contributed by atoms with van der Waals surface area (Å²) >= 11 is 0. The number of piperidine rings is 1. The van der Waals surface area contributed by atoms with Crippen molar-refractivity contribution in [1.29, 1.82) is 0 Å². The van der Waals surface area contributed by atoms with Gasteiger partial charge in [0, 0.05) is 20.0 Å². The average molecular weight is 270 g/mol. The number of hydrogen-bond acceptors (Lipinski definition) is 4. The highest BCUT2D eigenvalue weighted by molar-refractivity contribution is 5.86. The van der Waals surface area contributed by atoms with E-state index >= 15 is 0 Å². The average Bonchev–Trinajstić information content (AvgIpc) is 2.39. The molecule has 0 aromatic heterocycles. The summed E-state index contributed by atoms with van der Waals surface area (Å²) in [7, 11) is 0. The number of rotatable bonds is 4. The molecule has 2 unspecified atom stereocenters. The maximum atomic E-state index is 12.0. The Balaban J connectivity index is 2.48. The van der Waals surface area contributed by atoms with Crippen molar-refractivity contribution in [1.82, 2.24) is 10.2 Å². The first-order valence-electron chi connectivity index (χ1n) is 6.68. The van der Waals surface area contributed by atoms with Crippen molar-refractivity contribution in [3.05, 3.63) is 0 Å². The van der Waals surface area contributed by atoms with E-state index in [1.807, 2.05) is 0 Å². The minimum Gasteiger partial charge on any atom is -0.464 e. The van der Waals surface area contributed by atoms with E-state index < -0.39 is 12.0 Å². The van der Waals surface area contributed by atoms with Crippen LogP contribution in [-0.2, 0) is 19.1 Å². The van der Waals surface area contributed by atoms with E-state index in [0.29, 0.717) is 19.7 Å². The molecule has 0 aromatic rings. The molecule has 2 atom stereocenters. The van der Waals surface area contributed by atoms with Crippen LogP contribution in [0.5, 0.6) is 0 Å². The van der Waals surface area contributed by atoms with Gasteiger partial charge >= 0.3 is 5.97 Å². The van der Waals surface area contributed by atoms with Gasteiger partial charge < -0.3 is 15.0 Å². The van der Waals surface area contributed by atoms with Crippen molar-refractivity contribution in [2.45, 2.75) is 39.7 Å². The van der Waals surface area contributed by atoms with Crippen LogP contribution in [0.3, 0.4) is 0 Å². The number of esters is 1. The Labute approximate surface area is 113 Å². The monoisotopic (exact) mass is 270 g/mol. The van der Waals surface area contributed by atoms with Gasteiger partial charge in [0.1, 0.15) is 6.04 Å². The van der Waals surface area contributed by atoms with Gasteiger partial charge in [-0.2, -0.15) is 0 Å². The Morgan fingerprint density at radius 1 is 1.42 bits per heavy atom. The van der Waals surface area contributed by atoms with Gasteiger partial charge in [-0.05, 0) is 26.7 Å². The fourth-order valence-electron chi connectivity index (χ4n) is 2.13. The molecule has 0 aliphatic carbocycles. The van der Waals surface area contributed by atoms with E-state index in [2.05, 4.69) is 5.32 Å². The molecule has 1 aliphatic rings. The van der Waals surface area contributed by atoms with Gasteiger partial charge in [-0.15, -0.1) is 0 Å². The molecular formula is C13H22N2O4. The fourth-order valence-corrected chi connectivity index (χ4v) is 2.13. The van der Waals surface area contributed by atoms with Crippen LogP contribution in [0.1, 0.15) is 33.6 Å². The van der Waals surface area contributed by atoms with Crippen LogP contribution in [0.2, 0.25) is 0 Å². The predicted molar refractivity (Wildman–Crippen MR) is 69.2 cm³/mol. The third-order valence-corrected chi connectivity index (χ3v) is 3.24. The SMILES string of the molecule is CCOC(=O)C(C)NC(=O)C1CCCN(C(C)=O)C1. The largest absolute Gasteiger partial charge is 0.464 e. The van der Waals surface area contributed by atoms with Crippen molar-refractivity contribution in [3.63, 3.8) is 0 Å². The Kier molecular flexibility index (Phi) is 5.79. The van der Waals surface area contributed by atoms with Crippen LogP contribution in [0.15, 0.2) is 0 Å². The molecule has 1 fully saturated rings. The van der Waals surface area contributed by atoms with Gasteiger partial charge in [-0.1, -0.05) is 0 Å². The molecule has 0 saturated carbocycles. The Morgan fingerprint density at radius 2 is 2.11 bits per heavy atom. The van der Waals surface area contributed by atoms with Gasteiger partial charge in [0.05, 0.1) is 12.5 Å². The summed E-state index contributed by atoms with van der Waals surface area (Å²) < 4.78 is 4.83. The van der Waals surface area contributed by atoms with Gasteiger partial charge in [0.15, 0.2) is 0 Å². The third kappa shape index (κ3) is 4.54. The molecule has 2 amide bonds. The number of carbonyl (C=O) groups is 3. The summed E-state index contributed by atoms with van der Waals surface area (Å²) in [4.78, 5) is 36.4. The maximum Gasteiger partial charge on any atom is 0.328 e. The number of amides is 2. The van der Waals surface area contributed by atoms with Gasteiger partial charge in [0.2, 0.25) is 11.8 Å². The predicted octanol–water partition coefficient (Wildman–Crippen LogP) is 0.313. The molecule has 1 rings (SSSR count). The summed E-state index contributed by atoms with van der Waals surface area (Å²) in [5, 5.41) is 2.64. The van der Waals surface area contributed by atoms with Crippen LogP contribution >= 0.6 is 0 Å². The highest BCUT2D eigenvalue weighted by atomic mass is 16.5. The van der Waals surface area contributed by atoms with Crippen molar-refractivity contribution in [2.24, 2.45) is 5.92 Å². The molecule has 1 heterocycles. The normalized spacial score (nSPS) is 20.6. The smallest absolute Gasteiger partial charge is 0.328 e. The second-order valence-electron chi connectivity index (χ2n) is 4.79. The molecule has 0 spiro atoms. The minimum absolute atomic E-state index is 0.0176. The summed E-state index contributed by atoms with van der Waals surface area (Å²) in [5.74, 6) is -0.882. The van der Waals surface area contributed by atoms with E-state index in [1.165, 1.54) is 6.92 Å². The first kappa shape index (κ1) is 15.5. The van der Waals surface area contributed by atoms with Crippen LogP contribution in [0, 0.1) is 5.92 Å². The molecule has 108 valence electrons. The molecule has 0 bridgehead atoms. The first-order valence-corrected chi connectivity index (χ1v) is 6.68. The molecule has 19 heavy (non-hydrogen) atoms. The first-order chi connectivity index (χ1) is 8.95. The van der Waals surface area contributed by atoms with E-state index in [0.717, 1.165) is 12.8 Å². The molecule has 1 saturated heterocycles. The summed E-state index contributed by atoms with van der Waals surface area (Å²) in [6, 6.07) is -0.653. The number of carbonyl (C=O) groups excluding carboxylic acids is 3. The fraction of sp³-hybridized carbons (Fsp3) is 0.769. The van der Waals surface area contributed by atoms with Crippen LogP contribution in [0.4, 0.5) is 0 Å². The zero-order chi connectivity index (χ0) is 14.4. The molecule has 1 aliphatic heterocycles. The number of ether oxygens (including phenoxy) is 1. The van der Waals surface area contributed by atoms with Crippen molar-refractivity contribution >= 4 is 17.8 Å². The lowest BCUT2D eigenvalue weighted by Gasteiger charge is -2.31. The van der Waals surface area contributed by atoms with E-state index in [-0.39, 0.29) is 17.7 Å². The number of nitrogens with one attached hydrogen (secondary N) is 1. The summed E-state index contributed by atoms with van der Waals surface area (Å²) in [6.07, 6.45) is 1.55. The molecular weight excluding hydrogens is 248 g/mol. The lowest BCUT2D eigenvalue weighted by Crippen LogP contribution is -2.48. The van der Waals surface area contributed by atoms with Gasteiger partial charge in [-0.25, -0.2) is 4.79 Å². The maximum absolute atomic E-state index is 12.0. The zero-order valence-corrected chi connectivity index (χ0v) is 11.8. The zero-order valence-electron chi connectivity index (χ0n) is 11.8. The van der Waals surface area contributed by atoms with Gasteiger partial charge in [0.25, 0.3) is 0 Å². The Morgan fingerprint density at radius 3 is 2.68 bits per heavy atom. The number of nitrogens with zero attached hydrogens (tertiary/aromatic N) is 1. The highest BCUT2D eigenvalue weighted by Crippen LogP contribution is 2.16. The summed E-state index contributed by atoms with van der Waals surface area (Å²) in [5.41, 5.74) is 0. The van der Waals surface area contributed by atoms with Crippen LogP contribution < -0.4 is 5.32 Å². The molecule has 6 heteroatoms. The van der Waals surface area contributed by atoms with E-state index in [4.69, 9.17) is 4.74 Å². The second kappa shape index (κ2) is 7.11. The third-order valence-electron chi connectivity index (χ3n) is 3.24. The van der Waals surface area contributed by atoms with Crippen molar-refractivity contribution in [3.8, 4) is 0 Å². The number of likely N-dealkylation sites (tertiary alicyclic amines) is 1. The topological polar surface area (TPSA) is 75.7 Å². The quantitative estimate of drug-likeness (QED) is 0.746. The standard InChI is InChI=1S/C13H22N2O4/c1-4-19-13(18)9(2)14-12(17)11-6-5-7-15(8-11)10(3)16/h9,11H,4-8H2,1-3H3,(H,14,17). The molecule has 0 radical (unpaired) electrons. The van der Waals surface area contributed by atoms with Crippen LogP contribution in [0.25, 0.3) is 0 Å². The Hall–Kier alpha value is -1.59.